The summed E-state index contributed by atoms with van der Waals surface area (Å²) in [6, 6.07) is 3.16. The van der Waals surface area contributed by atoms with Gasteiger partial charge in [-0.2, -0.15) is 0 Å². The molecule has 0 aromatic carbocycles. The highest BCUT2D eigenvalue weighted by molar-refractivity contribution is 6.35. The summed E-state index contributed by atoms with van der Waals surface area (Å²) in [5.41, 5.74) is 0. The van der Waals surface area contributed by atoms with E-state index < -0.39 is 0 Å². The second kappa shape index (κ2) is 34.2. The summed E-state index contributed by atoms with van der Waals surface area (Å²) < 4.78 is 0. The smallest absolute Gasteiger partial charge is 0.0280 e. The number of hydrogen-bond donors (Lipinski definition) is 0. The Bertz CT molecular complexity index is 307. The molecule has 0 heterocycles. The summed E-state index contributed by atoms with van der Waals surface area (Å²) in [7, 11) is 0.770. The van der Waals surface area contributed by atoms with Gasteiger partial charge in [-0.05, 0) is 0 Å². The van der Waals surface area contributed by atoms with Crippen molar-refractivity contribution in [3.63, 3.8) is 0 Å². The summed E-state index contributed by atoms with van der Waals surface area (Å²) in [4.78, 5) is 0. The van der Waals surface area contributed by atoms with Gasteiger partial charge in [0.25, 0.3) is 0 Å². The van der Waals surface area contributed by atoms with Gasteiger partial charge in [0.2, 0.25) is 0 Å². The third-order valence-corrected chi connectivity index (χ3v) is 9.66. The van der Waals surface area contributed by atoms with Crippen LogP contribution in [0.3, 0.4) is 0 Å². The average Bonchev–Trinajstić information content (AvgIpc) is 2.87. The molecule has 0 atom stereocenters. The van der Waals surface area contributed by atoms with E-state index in [0.29, 0.717) is 0 Å². The van der Waals surface area contributed by atoms with Crippen LogP contribution in [0, 0.1) is 0 Å². The van der Waals surface area contributed by atoms with Gasteiger partial charge in [-0.1, -0.05) is 219 Å². The Morgan fingerprint density at radius 2 is 0.400 bits per heavy atom. The number of unbranched alkanes of at least 4 members (excludes halogenated alkanes) is 28. The van der Waals surface area contributed by atoms with Crippen LogP contribution in [-0.2, 0) is 0 Å². The molecule has 0 aromatic heterocycles. The maximum Gasteiger partial charge on any atom is 0.0280 e. The van der Waals surface area contributed by atoms with E-state index in [2.05, 4.69) is 13.8 Å². The van der Waals surface area contributed by atoms with Crippen LogP contribution < -0.4 is 0 Å². The van der Waals surface area contributed by atoms with E-state index in [1.165, 1.54) is 193 Å². The number of rotatable bonds is 32. The Morgan fingerprint density at radius 1 is 0.229 bits per heavy atom. The molecule has 0 fully saturated rings. The van der Waals surface area contributed by atoms with Gasteiger partial charge >= 0.3 is 0 Å². The Morgan fingerprint density at radius 3 is 0.600 bits per heavy atom. The molecule has 0 rings (SSSR count). The molecule has 0 saturated heterocycles. The fourth-order valence-corrected chi connectivity index (χ4v) is 6.91. The maximum atomic E-state index is 2.31. The quantitative estimate of drug-likeness (QED) is 0.0627. The molecule has 0 bridgehead atoms. The van der Waals surface area contributed by atoms with E-state index in [0.717, 1.165) is 9.52 Å². The zero-order chi connectivity index (χ0) is 25.3. The highest BCUT2D eigenvalue weighted by Crippen LogP contribution is 2.15. The minimum atomic E-state index is 0.770. The SMILES string of the molecule is CCCCCCCCCCCCCCCCC[SiH]CCCCCCCCCCCCCCCCC. The molecular weight excluding hydrogens is 436 g/mol. The van der Waals surface area contributed by atoms with E-state index in [9.17, 15) is 0 Å². The molecular formula is C34H71Si. The molecule has 0 N–H and O–H groups in total. The fourth-order valence-electron chi connectivity index (χ4n) is 5.46. The zero-order valence-corrected chi connectivity index (χ0v) is 26.4. The van der Waals surface area contributed by atoms with E-state index in [-0.39, 0.29) is 0 Å². The molecule has 0 nitrogen and oxygen atoms in total. The molecule has 35 heavy (non-hydrogen) atoms. The molecule has 0 amide bonds. The molecule has 0 aromatic rings. The van der Waals surface area contributed by atoms with Crippen molar-refractivity contribution < 1.29 is 0 Å². The van der Waals surface area contributed by atoms with E-state index in [1.807, 2.05) is 0 Å². The summed E-state index contributed by atoms with van der Waals surface area (Å²) >= 11 is 0. The van der Waals surface area contributed by atoms with Crippen LogP contribution in [0.2, 0.25) is 12.1 Å². The largest absolute Gasteiger partial charge is 0.0654 e. The molecule has 1 heteroatoms. The molecule has 211 valence electrons. The summed E-state index contributed by atoms with van der Waals surface area (Å²) in [5.74, 6) is 0. The van der Waals surface area contributed by atoms with Gasteiger partial charge in [0.15, 0.2) is 0 Å². The van der Waals surface area contributed by atoms with Gasteiger partial charge in [0, 0.05) is 9.52 Å². The lowest BCUT2D eigenvalue weighted by Crippen LogP contribution is -1.90. The van der Waals surface area contributed by atoms with Gasteiger partial charge in [0.1, 0.15) is 0 Å². The minimum Gasteiger partial charge on any atom is -0.0654 e. The molecule has 0 saturated carbocycles. The predicted molar refractivity (Wildman–Crippen MR) is 167 cm³/mol. The minimum absolute atomic E-state index is 0.770. The lowest BCUT2D eigenvalue weighted by Gasteiger charge is -2.04. The Balaban J connectivity index is 3.00. The van der Waals surface area contributed by atoms with Crippen LogP contribution in [-0.4, -0.2) is 9.52 Å². The summed E-state index contributed by atoms with van der Waals surface area (Å²) in [5, 5.41) is 0. The third-order valence-electron chi connectivity index (χ3n) is 8.02. The van der Waals surface area contributed by atoms with Gasteiger partial charge in [-0.3, -0.25) is 0 Å². The second-order valence-corrected chi connectivity index (χ2v) is 13.5. The predicted octanol–water partition coefficient (Wildman–Crippen LogP) is 13.0. The average molecular weight is 508 g/mol. The van der Waals surface area contributed by atoms with Crippen LogP contribution >= 0.6 is 0 Å². The summed E-state index contributed by atoms with van der Waals surface area (Å²) in [6.07, 6.45) is 44.6. The molecule has 0 spiro atoms. The molecule has 0 aliphatic heterocycles. The molecule has 0 unspecified atom stereocenters. The highest BCUT2D eigenvalue weighted by Gasteiger charge is 1.97. The van der Waals surface area contributed by atoms with Crippen LogP contribution in [0.4, 0.5) is 0 Å². The number of hydrogen-bond acceptors (Lipinski definition) is 0. The van der Waals surface area contributed by atoms with Crippen LogP contribution in [0.25, 0.3) is 0 Å². The lowest BCUT2D eigenvalue weighted by molar-refractivity contribution is 0.534. The van der Waals surface area contributed by atoms with Gasteiger partial charge in [0.05, 0.1) is 0 Å². The van der Waals surface area contributed by atoms with Crippen molar-refractivity contribution in [2.75, 3.05) is 0 Å². The first-order valence-corrected chi connectivity index (χ1v) is 18.9. The molecule has 0 aliphatic rings. The van der Waals surface area contributed by atoms with Crippen molar-refractivity contribution >= 4 is 9.52 Å². The monoisotopic (exact) mass is 508 g/mol. The first kappa shape index (κ1) is 35.2. The fraction of sp³-hybridized carbons (Fsp3) is 1.00. The molecule has 0 aliphatic carbocycles. The van der Waals surface area contributed by atoms with Gasteiger partial charge in [-0.25, -0.2) is 0 Å². The first-order chi connectivity index (χ1) is 17.4. The second-order valence-electron chi connectivity index (χ2n) is 11.8. The zero-order valence-electron chi connectivity index (χ0n) is 25.2. The normalized spacial score (nSPS) is 11.5. The molecule has 1 radical (unpaired) electrons. The van der Waals surface area contributed by atoms with Crippen LogP contribution in [0.5, 0.6) is 0 Å². The van der Waals surface area contributed by atoms with Crippen LogP contribution in [0.15, 0.2) is 0 Å². The Hall–Kier alpha value is 0.217. The van der Waals surface area contributed by atoms with Crippen molar-refractivity contribution in [1.82, 2.24) is 0 Å². The van der Waals surface area contributed by atoms with Crippen molar-refractivity contribution in [3.8, 4) is 0 Å². The Labute approximate surface area is 227 Å². The maximum absolute atomic E-state index is 2.31. The van der Waals surface area contributed by atoms with Crippen LogP contribution in [0.1, 0.15) is 206 Å². The highest BCUT2D eigenvalue weighted by atomic mass is 28.2. The Kier molecular flexibility index (Phi) is 34.4. The topological polar surface area (TPSA) is 0 Å². The van der Waals surface area contributed by atoms with Crippen molar-refractivity contribution in [1.29, 1.82) is 0 Å². The van der Waals surface area contributed by atoms with E-state index in [1.54, 1.807) is 12.1 Å². The first-order valence-electron chi connectivity index (χ1n) is 17.2. The van der Waals surface area contributed by atoms with Gasteiger partial charge in [-0.15, -0.1) is 0 Å². The standard InChI is InChI=1S/C34H71Si/c1-3-5-7-9-11-13-15-17-19-21-23-25-27-29-31-33-35-34-32-30-28-26-24-22-20-18-16-14-12-10-8-6-4-2/h35H,3-34H2,1-2H3. The van der Waals surface area contributed by atoms with Gasteiger partial charge < -0.3 is 0 Å². The third kappa shape index (κ3) is 34.2. The van der Waals surface area contributed by atoms with E-state index >= 15 is 0 Å². The van der Waals surface area contributed by atoms with Crippen molar-refractivity contribution in [3.05, 3.63) is 0 Å². The summed E-state index contributed by atoms with van der Waals surface area (Å²) in [6.45, 7) is 4.62. The van der Waals surface area contributed by atoms with Crippen molar-refractivity contribution in [2.45, 2.75) is 219 Å². The lowest BCUT2D eigenvalue weighted by atomic mass is 10.0. The van der Waals surface area contributed by atoms with E-state index in [4.69, 9.17) is 0 Å². The van der Waals surface area contributed by atoms with Crippen molar-refractivity contribution in [2.24, 2.45) is 0 Å².